The van der Waals surface area contributed by atoms with Gasteiger partial charge in [-0.3, -0.25) is 25.0 Å². The normalized spacial score (nSPS) is 15.5. The Balaban J connectivity index is 1.87. The molecule has 1 aromatic rings. The second-order valence-electron chi connectivity index (χ2n) is 4.96. The van der Waals surface area contributed by atoms with Crippen molar-refractivity contribution >= 4 is 34.2 Å². The Hall–Kier alpha value is -1.80. The van der Waals surface area contributed by atoms with Gasteiger partial charge in [-0.25, -0.2) is 4.98 Å². The Labute approximate surface area is 126 Å². The van der Waals surface area contributed by atoms with Crippen LogP contribution >= 0.6 is 11.3 Å². The van der Waals surface area contributed by atoms with Gasteiger partial charge in [0, 0.05) is 10.8 Å². The molecule has 2 rings (SSSR count). The van der Waals surface area contributed by atoms with Crippen LogP contribution < -0.4 is 16.0 Å². The average Bonchev–Trinajstić information content (AvgIpc) is 2.78. The minimum atomic E-state index is -0.941. The van der Waals surface area contributed by atoms with Gasteiger partial charge in [0.15, 0.2) is 5.13 Å². The standard InChI is InChI=1S/C13H18N4O3S/c1-7-8(2)21-13(15-7)17-12(20)11(19)16-10(18)9-3-5-14-6-4-9/h9,14H,3-6H2,1-2H3,(H,15,17,20)(H,16,18,19). The minimum Gasteiger partial charge on any atom is -0.317 e. The molecular weight excluding hydrogens is 292 g/mol. The molecule has 3 amide bonds. The molecule has 8 heteroatoms. The lowest BCUT2D eigenvalue weighted by atomic mass is 9.97. The molecule has 0 aliphatic carbocycles. The van der Waals surface area contributed by atoms with Gasteiger partial charge in [0.2, 0.25) is 5.91 Å². The lowest BCUT2D eigenvalue weighted by Crippen LogP contribution is -2.44. The van der Waals surface area contributed by atoms with Crippen molar-refractivity contribution in [2.45, 2.75) is 26.7 Å². The lowest BCUT2D eigenvalue weighted by molar-refractivity contribution is -0.141. The van der Waals surface area contributed by atoms with Crippen LogP contribution in [0.1, 0.15) is 23.4 Å². The van der Waals surface area contributed by atoms with E-state index in [2.05, 4.69) is 20.9 Å². The van der Waals surface area contributed by atoms with Crippen molar-refractivity contribution in [3.8, 4) is 0 Å². The largest absolute Gasteiger partial charge is 0.317 e. The van der Waals surface area contributed by atoms with E-state index in [-0.39, 0.29) is 11.8 Å². The van der Waals surface area contributed by atoms with Gasteiger partial charge in [-0.05, 0) is 39.8 Å². The van der Waals surface area contributed by atoms with Crippen molar-refractivity contribution < 1.29 is 14.4 Å². The van der Waals surface area contributed by atoms with Gasteiger partial charge < -0.3 is 5.32 Å². The molecule has 2 heterocycles. The number of nitrogens with zero attached hydrogens (tertiary/aromatic N) is 1. The number of hydrogen-bond acceptors (Lipinski definition) is 6. The maximum Gasteiger partial charge on any atom is 0.316 e. The van der Waals surface area contributed by atoms with Gasteiger partial charge in [-0.2, -0.15) is 0 Å². The molecule has 0 saturated carbocycles. The number of piperidine rings is 1. The molecule has 1 fully saturated rings. The summed E-state index contributed by atoms with van der Waals surface area (Å²) in [4.78, 5) is 40.4. The molecule has 1 aromatic heterocycles. The van der Waals surface area contributed by atoms with Gasteiger partial charge in [0.05, 0.1) is 5.69 Å². The van der Waals surface area contributed by atoms with Crippen LogP contribution in [0.2, 0.25) is 0 Å². The lowest BCUT2D eigenvalue weighted by Gasteiger charge is -2.21. The third-order valence-corrected chi connectivity index (χ3v) is 4.39. The summed E-state index contributed by atoms with van der Waals surface area (Å²) in [5.41, 5.74) is 0.807. The number of carbonyl (C=O) groups excluding carboxylic acids is 3. The third kappa shape index (κ3) is 4.08. The third-order valence-electron chi connectivity index (χ3n) is 3.40. The average molecular weight is 310 g/mol. The van der Waals surface area contributed by atoms with Crippen molar-refractivity contribution in [1.29, 1.82) is 0 Å². The zero-order chi connectivity index (χ0) is 15.4. The Morgan fingerprint density at radius 3 is 2.43 bits per heavy atom. The molecule has 0 unspecified atom stereocenters. The summed E-state index contributed by atoms with van der Waals surface area (Å²) >= 11 is 1.29. The van der Waals surface area contributed by atoms with Crippen molar-refractivity contribution in [2.24, 2.45) is 5.92 Å². The Morgan fingerprint density at radius 1 is 1.19 bits per heavy atom. The molecule has 3 N–H and O–H groups in total. The van der Waals surface area contributed by atoms with Crippen LogP contribution in [-0.4, -0.2) is 35.8 Å². The van der Waals surface area contributed by atoms with Crippen LogP contribution in [0.5, 0.6) is 0 Å². The number of hydrogen-bond donors (Lipinski definition) is 3. The van der Waals surface area contributed by atoms with Crippen molar-refractivity contribution in [3.63, 3.8) is 0 Å². The number of anilines is 1. The number of aryl methyl sites for hydroxylation is 2. The summed E-state index contributed by atoms with van der Waals surface area (Å²) in [6.07, 6.45) is 1.34. The topological polar surface area (TPSA) is 100 Å². The number of nitrogens with one attached hydrogen (secondary N) is 3. The molecule has 0 radical (unpaired) electrons. The van der Waals surface area contributed by atoms with Crippen LogP contribution in [0, 0.1) is 19.8 Å². The second-order valence-corrected chi connectivity index (χ2v) is 6.16. The quantitative estimate of drug-likeness (QED) is 0.684. The van der Waals surface area contributed by atoms with Gasteiger partial charge in [0.1, 0.15) is 0 Å². The van der Waals surface area contributed by atoms with E-state index < -0.39 is 11.8 Å². The highest BCUT2D eigenvalue weighted by molar-refractivity contribution is 7.15. The van der Waals surface area contributed by atoms with E-state index in [1.54, 1.807) is 0 Å². The fourth-order valence-corrected chi connectivity index (χ4v) is 2.84. The van der Waals surface area contributed by atoms with Gasteiger partial charge in [-0.15, -0.1) is 11.3 Å². The number of rotatable bonds is 2. The van der Waals surface area contributed by atoms with Crippen LogP contribution in [0.15, 0.2) is 0 Å². The van der Waals surface area contributed by atoms with E-state index in [1.165, 1.54) is 11.3 Å². The molecule has 0 aromatic carbocycles. The van der Waals surface area contributed by atoms with Gasteiger partial charge in [-0.1, -0.05) is 0 Å². The number of carbonyl (C=O) groups is 3. The summed E-state index contributed by atoms with van der Waals surface area (Å²) in [6.45, 7) is 5.19. The SMILES string of the molecule is Cc1nc(NC(=O)C(=O)NC(=O)C2CCNCC2)sc1C. The van der Waals surface area contributed by atoms with E-state index in [4.69, 9.17) is 0 Å². The highest BCUT2D eigenvalue weighted by Crippen LogP contribution is 2.20. The van der Waals surface area contributed by atoms with E-state index in [0.29, 0.717) is 18.0 Å². The van der Waals surface area contributed by atoms with E-state index in [1.807, 2.05) is 13.8 Å². The second kappa shape index (κ2) is 6.77. The molecule has 114 valence electrons. The predicted octanol–water partition coefficient (Wildman–Crippen LogP) is 0.341. The smallest absolute Gasteiger partial charge is 0.316 e. The van der Waals surface area contributed by atoms with Crippen LogP contribution in [0.4, 0.5) is 5.13 Å². The zero-order valence-corrected chi connectivity index (χ0v) is 12.8. The van der Waals surface area contributed by atoms with Crippen LogP contribution in [0.25, 0.3) is 0 Å². The van der Waals surface area contributed by atoms with Gasteiger partial charge >= 0.3 is 11.8 Å². The number of imide groups is 1. The van der Waals surface area contributed by atoms with E-state index in [0.717, 1.165) is 23.7 Å². The summed E-state index contributed by atoms with van der Waals surface area (Å²) in [5, 5.41) is 8.05. The Kier molecular flexibility index (Phi) is 5.03. The molecular formula is C13H18N4O3S. The molecule has 0 atom stereocenters. The number of thiazole rings is 1. The van der Waals surface area contributed by atoms with Crippen molar-refractivity contribution in [1.82, 2.24) is 15.6 Å². The monoisotopic (exact) mass is 310 g/mol. The van der Waals surface area contributed by atoms with Crippen molar-refractivity contribution in [3.05, 3.63) is 10.6 Å². The predicted molar refractivity (Wildman–Crippen MR) is 79.0 cm³/mol. The molecule has 1 aliphatic rings. The van der Waals surface area contributed by atoms with Gasteiger partial charge in [0.25, 0.3) is 0 Å². The van der Waals surface area contributed by atoms with Crippen LogP contribution in [0.3, 0.4) is 0 Å². The fraction of sp³-hybridized carbons (Fsp3) is 0.538. The van der Waals surface area contributed by atoms with Crippen molar-refractivity contribution in [2.75, 3.05) is 18.4 Å². The zero-order valence-electron chi connectivity index (χ0n) is 12.0. The maximum absolute atomic E-state index is 11.9. The molecule has 1 aliphatic heterocycles. The number of amides is 3. The Bertz CT molecular complexity index is 544. The maximum atomic E-state index is 11.9. The molecule has 0 bridgehead atoms. The highest BCUT2D eigenvalue weighted by Gasteiger charge is 2.25. The first-order valence-corrected chi connectivity index (χ1v) is 7.60. The summed E-state index contributed by atoms with van der Waals surface area (Å²) < 4.78 is 0. The molecule has 7 nitrogen and oxygen atoms in total. The van der Waals surface area contributed by atoms with E-state index in [9.17, 15) is 14.4 Å². The minimum absolute atomic E-state index is 0.215. The summed E-state index contributed by atoms with van der Waals surface area (Å²) in [5.74, 6) is -2.41. The first-order chi connectivity index (χ1) is 9.97. The summed E-state index contributed by atoms with van der Waals surface area (Å²) in [7, 11) is 0. The first kappa shape index (κ1) is 15.6. The van der Waals surface area contributed by atoms with E-state index >= 15 is 0 Å². The first-order valence-electron chi connectivity index (χ1n) is 6.78. The fourth-order valence-electron chi connectivity index (χ4n) is 2.03. The summed E-state index contributed by atoms with van der Waals surface area (Å²) in [6, 6.07) is 0. The molecule has 1 saturated heterocycles. The molecule has 21 heavy (non-hydrogen) atoms. The highest BCUT2D eigenvalue weighted by atomic mass is 32.1. The molecule has 0 spiro atoms. The Morgan fingerprint density at radius 2 is 1.86 bits per heavy atom. The number of aromatic nitrogens is 1. The van der Waals surface area contributed by atoms with Crippen LogP contribution in [-0.2, 0) is 14.4 Å².